The maximum Gasteiger partial charge on any atom is 0.137 e. The molecule has 0 radical (unpaired) electrons. The molecule has 84 valence electrons. The summed E-state index contributed by atoms with van der Waals surface area (Å²) in [5.41, 5.74) is 0. The molecule has 1 heterocycles. The molecule has 2 heteroatoms. The van der Waals surface area contributed by atoms with Crippen LogP contribution in [-0.2, 0) is 4.79 Å². The van der Waals surface area contributed by atoms with Gasteiger partial charge in [-0.3, -0.25) is 4.79 Å². The highest BCUT2D eigenvalue weighted by atomic mass is 16.1. The summed E-state index contributed by atoms with van der Waals surface area (Å²) in [4.78, 5) is 12.0. The van der Waals surface area contributed by atoms with Crippen molar-refractivity contribution in [3.05, 3.63) is 0 Å². The van der Waals surface area contributed by atoms with E-state index in [0.717, 1.165) is 43.7 Å². The molecule has 0 aromatic carbocycles. The molecule has 4 unspecified atom stereocenters. The molecule has 3 fully saturated rings. The highest BCUT2D eigenvalue weighted by molar-refractivity contribution is 5.81. The van der Waals surface area contributed by atoms with E-state index in [2.05, 4.69) is 5.32 Å². The van der Waals surface area contributed by atoms with Crippen LogP contribution in [0.4, 0.5) is 0 Å². The van der Waals surface area contributed by atoms with Crippen molar-refractivity contribution >= 4 is 5.78 Å². The van der Waals surface area contributed by atoms with Crippen LogP contribution in [0.3, 0.4) is 0 Å². The molecule has 15 heavy (non-hydrogen) atoms. The van der Waals surface area contributed by atoms with Crippen LogP contribution in [0.25, 0.3) is 0 Å². The molecule has 0 aromatic heterocycles. The molecule has 2 aliphatic carbocycles. The Balaban J connectivity index is 1.54. The van der Waals surface area contributed by atoms with Crippen LogP contribution in [0.2, 0.25) is 0 Å². The Kier molecular flexibility index (Phi) is 2.55. The predicted octanol–water partition coefficient (Wildman–Crippen LogP) is 1.99. The van der Waals surface area contributed by atoms with Gasteiger partial charge in [0.1, 0.15) is 5.78 Å². The van der Waals surface area contributed by atoms with E-state index < -0.39 is 0 Å². The molecule has 2 bridgehead atoms. The lowest BCUT2D eigenvalue weighted by Crippen LogP contribution is -2.22. The fraction of sp³-hybridized carbons (Fsp3) is 0.923. The van der Waals surface area contributed by atoms with Crippen molar-refractivity contribution in [3.63, 3.8) is 0 Å². The summed E-state index contributed by atoms with van der Waals surface area (Å²) < 4.78 is 0. The van der Waals surface area contributed by atoms with E-state index in [4.69, 9.17) is 0 Å². The van der Waals surface area contributed by atoms with E-state index in [1.165, 1.54) is 25.7 Å². The fourth-order valence-electron chi connectivity index (χ4n) is 3.98. The van der Waals surface area contributed by atoms with Gasteiger partial charge in [0.15, 0.2) is 0 Å². The zero-order chi connectivity index (χ0) is 10.3. The Morgan fingerprint density at radius 3 is 2.73 bits per heavy atom. The van der Waals surface area contributed by atoms with E-state index in [-0.39, 0.29) is 0 Å². The van der Waals surface area contributed by atoms with Gasteiger partial charge in [0.05, 0.1) is 0 Å². The van der Waals surface area contributed by atoms with Crippen molar-refractivity contribution < 1.29 is 4.79 Å². The zero-order valence-electron chi connectivity index (χ0n) is 9.37. The monoisotopic (exact) mass is 207 g/mol. The Bertz CT molecular complexity index is 257. The number of hydrogen-bond donors (Lipinski definition) is 1. The molecule has 1 aliphatic heterocycles. The van der Waals surface area contributed by atoms with Crippen LogP contribution < -0.4 is 5.32 Å². The van der Waals surface area contributed by atoms with Gasteiger partial charge in [-0.05, 0) is 50.0 Å². The highest BCUT2D eigenvalue weighted by Crippen LogP contribution is 2.49. The summed E-state index contributed by atoms with van der Waals surface area (Å²) in [5.74, 6) is 3.56. The first-order valence-corrected chi connectivity index (χ1v) is 6.56. The lowest BCUT2D eigenvalue weighted by molar-refractivity contribution is -0.123. The first-order valence-electron chi connectivity index (χ1n) is 6.56. The Hall–Kier alpha value is -0.370. The number of rotatable bonds is 3. The third kappa shape index (κ3) is 1.84. The summed E-state index contributed by atoms with van der Waals surface area (Å²) in [6.45, 7) is 1.99. The standard InChI is InChI=1S/C13H21NO/c15-13(11-3-4-14-8-11)7-12-6-9-1-2-10(12)5-9/h9-12,14H,1-8H2. The van der Waals surface area contributed by atoms with Crippen molar-refractivity contribution in [1.29, 1.82) is 0 Å². The van der Waals surface area contributed by atoms with Crippen LogP contribution in [0.5, 0.6) is 0 Å². The average molecular weight is 207 g/mol. The summed E-state index contributed by atoms with van der Waals surface area (Å²) in [6.07, 6.45) is 7.62. The number of hydrogen-bond acceptors (Lipinski definition) is 2. The Labute approximate surface area is 91.8 Å². The molecular weight excluding hydrogens is 186 g/mol. The summed E-state index contributed by atoms with van der Waals surface area (Å²) >= 11 is 0. The van der Waals surface area contributed by atoms with Gasteiger partial charge in [0, 0.05) is 18.9 Å². The van der Waals surface area contributed by atoms with Crippen molar-refractivity contribution in [1.82, 2.24) is 5.32 Å². The van der Waals surface area contributed by atoms with Gasteiger partial charge in [0.2, 0.25) is 0 Å². The minimum absolute atomic E-state index is 0.351. The normalized spacial score (nSPS) is 43.7. The molecule has 1 saturated heterocycles. The molecule has 3 aliphatic rings. The number of ketones is 1. The number of nitrogens with one attached hydrogen (secondary N) is 1. The summed E-state index contributed by atoms with van der Waals surface area (Å²) in [6, 6.07) is 0. The molecule has 0 amide bonds. The first kappa shape index (κ1) is 9.83. The van der Waals surface area contributed by atoms with Gasteiger partial charge in [-0.1, -0.05) is 6.42 Å². The fourth-order valence-corrected chi connectivity index (χ4v) is 3.98. The third-order valence-electron chi connectivity index (χ3n) is 4.86. The van der Waals surface area contributed by atoms with Gasteiger partial charge in [-0.25, -0.2) is 0 Å². The molecule has 4 atom stereocenters. The van der Waals surface area contributed by atoms with Crippen LogP contribution in [0.15, 0.2) is 0 Å². The maximum atomic E-state index is 12.0. The molecule has 0 spiro atoms. The van der Waals surface area contributed by atoms with E-state index in [9.17, 15) is 4.79 Å². The molecule has 2 saturated carbocycles. The quantitative estimate of drug-likeness (QED) is 0.767. The van der Waals surface area contributed by atoms with Gasteiger partial charge in [-0.15, -0.1) is 0 Å². The minimum Gasteiger partial charge on any atom is -0.316 e. The molecule has 0 aromatic rings. The first-order chi connectivity index (χ1) is 7.33. The maximum absolute atomic E-state index is 12.0. The summed E-state index contributed by atoms with van der Waals surface area (Å²) in [5, 5.41) is 3.29. The number of carbonyl (C=O) groups is 1. The second-order valence-corrected chi connectivity index (χ2v) is 5.80. The highest BCUT2D eigenvalue weighted by Gasteiger charge is 2.40. The van der Waals surface area contributed by atoms with Crippen molar-refractivity contribution in [3.8, 4) is 0 Å². The number of carbonyl (C=O) groups excluding carboxylic acids is 1. The molecule has 2 nitrogen and oxygen atoms in total. The zero-order valence-corrected chi connectivity index (χ0v) is 9.37. The van der Waals surface area contributed by atoms with Crippen molar-refractivity contribution in [2.24, 2.45) is 23.7 Å². The van der Waals surface area contributed by atoms with E-state index in [1.807, 2.05) is 0 Å². The number of Topliss-reactive ketones (excluding diaryl/α,β-unsaturated/α-hetero) is 1. The van der Waals surface area contributed by atoms with Gasteiger partial charge in [-0.2, -0.15) is 0 Å². The Morgan fingerprint density at radius 2 is 2.13 bits per heavy atom. The summed E-state index contributed by atoms with van der Waals surface area (Å²) in [7, 11) is 0. The van der Waals surface area contributed by atoms with E-state index in [1.54, 1.807) is 0 Å². The van der Waals surface area contributed by atoms with E-state index >= 15 is 0 Å². The number of fused-ring (bicyclic) bond motifs is 2. The smallest absolute Gasteiger partial charge is 0.137 e. The van der Waals surface area contributed by atoms with Crippen molar-refractivity contribution in [2.75, 3.05) is 13.1 Å². The van der Waals surface area contributed by atoms with E-state index in [0.29, 0.717) is 11.7 Å². The third-order valence-corrected chi connectivity index (χ3v) is 4.86. The second kappa shape index (κ2) is 3.89. The lowest BCUT2D eigenvalue weighted by atomic mass is 9.83. The predicted molar refractivity (Wildman–Crippen MR) is 59.5 cm³/mol. The van der Waals surface area contributed by atoms with Gasteiger partial charge < -0.3 is 5.32 Å². The average Bonchev–Trinajstić information content (AvgIpc) is 2.95. The van der Waals surface area contributed by atoms with Crippen LogP contribution in [0.1, 0.15) is 38.5 Å². The molecular formula is C13H21NO. The van der Waals surface area contributed by atoms with Crippen LogP contribution in [0, 0.1) is 23.7 Å². The van der Waals surface area contributed by atoms with Crippen LogP contribution in [-0.4, -0.2) is 18.9 Å². The second-order valence-electron chi connectivity index (χ2n) is 5.80. The van der Waals surface area contributed by atoms with Gasteiger partial charge >= 0.3 is 0 Å². The molecule has 3 rings (SSSR count). The SMILES string of the molecule is O=C(CC1CC2CCC1C2)C1CCNC1. The largest absolute Gasteiger partial charge is 0.316 e. The Morgan fingerprint density at radius 1 is 1.20 bits per heavy atom. The van der Waals surface area contributed by atoms with Crippen molar-refractivity contribution in [2.45, 2.75) is 38.5 Å². The lowest BCUT2D eigenvalue weighted by Gasteiger charge is -2.21. The topological polar surface area (TPSA) is 29.1 Å². The van der Waals surface area contributed by atoms with Gasteiger partial charge in [0.25, 0.3) is 0 Å². The molecule has 1 N–H and O–H groups in total. The van der Waals surface area contributed by atoms with Crippen LogP contribution >= 0.6 is 0 Å². The minimum atomic E-state index is 0.351.